The molecule has 2 saturated carbocycles. The maximum absolute atomic E-state index is 11.0. The van der Waals surface area contributed by atoms with Gasteiger partial charge in [0, 0.05) is 0 Å². The second kappa shape index (κ2) is 7.10. The van der Waals surface area contributed by atoms with Crippen LogP contribution in [0.4, 0.5) is 0 Å². The number of ether oxygens (including phenoxy) is 1. The van der Waals surface area contributed by atoms with Gasteiger partial charge in [-0.25, -0.2) is 0 Å². The van der Waals surface area contributed by atoms with Crippen molar-refractivity contribution < 1.29 is 14.3 Å². The van der Waals surface area contributed by atoms with Gasteiger partial charge in [0.2, 0.25) is 0 Å². The fourth-order valence-corrected chi connectivity index (χ4v) is 7.82. The first kappa shape index (κ1) is 21.4. The van der Waals surface area contributed by atoms with Crippen LogP contribution in [0.15, 0.2) is 18.2 Å². The van der Waals surface area contributed by atoms with E-state index in [4.69, 9.17) is 9.16 Å². The van der Waals surface area contributed by atoms with Crippen LogP contribution in [0.5, 0.6) is 5.75 Å². The molecule has 29 heavy (non-hydrogen) atoms. The van der Waals surface area contributed by atoms with Crippen LogP contribution in [0.3, 0.4) is 0 Å². The Hall–Kier alpha value is -0.843. The third-order valence-electron chi connectivity index (χ3n) is 9.14. The van der Waals surface area contributed by atoms with Crippen LogP contribution in [0.2, 0.25) is 18.1 Å². The Morgan fingerprint density at radius 2 is 1.83 bits per heavy atom. The van der Waals surface area contributed by atoms with E-state index < -0.39 is 8.32 Å². The fourth-order valence-electron chi connectivity index (χ4n) is 6.37. The molecule has 1 aromatic carbocycles. The molecule has 6 atom stereocenters. The molecule has 4 rings (SSSR count). The van der Waals surface area contributed by atoms with E-state index in [9.17, 15) is 5.11 Å². The Kier molecular flexibility index (Phi) is 5.24. The molecule has 1 N–H and O–H groups in total. The average Bonchev–Trinajstić information content (AvgIpc) is 2.97. The minimum absolute atomic E-state index is 0.248. The largest absolute Gasteiger partial charge is 0.497 e. The number of aliphatic hydroxyl groups excluding tert-OH is 1. The number of methoxy groups -OCH3 is 1. The molecule has 0 heterocycles. The van der Waals surface area contributed by atoms with Crippen LogP contribution in [0.25, 0.3) is 0 Å². The number of hydrogen-bond acceptors (Lipinski definition) is 3. The molecule has 3 aliphatic carbocycles. The summed E-state index contributed by atoms with van der Waals surface area (Å²) < 4.78 is 12.4. The zero-order chi connectivity index (χ0) is 21.2. The summed E-state index contributed by atoms with van der Waals surface area (Å²) in [7, 11) is -0.0806. The number of aliphatic hydroxyl groups is 1. The maximum atomic E-state index is 11.0. The summed E-state index contributed by atoms with van der Waals surface area (Å²) in [5.74, 6) is 2.65. The summed E-state index contributed by atoms with van der Waals surface area (Å²) in [6.07, 6.45) is 5.77. The van der Waals surface area contributed by atoms with Crippen LogP contribution < -0.4 is 4.74 Å². The quantitative estimate of drug-likeness (QED) is 0.577. The first-order valence-corrected chi connectivity index (χ1v) is 14.4. The van der Waals surface area contributed by atoms with E-state index in [0.717, 1.165) is 17.7 Å². The molecule has 0 radical (unpaired) electrons. The van der Waals surface area contributed by atoms with Gasteiger partial charge < -0.3 is 14.3 Å². The Balaban J connectivity index is 1.60. The predicted molar refractivity (Wildman–Crippen MR) is 121 cm³/mol. The van der Waals surface area contributed by atoms with Gasteiger partial charge in [-0.15, -0.1) is 0 Å². The summed E-state index contributed by atoms with van der Waals surface area (Å²) in [6.45, 7) is 14.3. The highest BCUT2D eigenvalue weighted by atomic mass is 28.4. The molecule has 4 heteroatoms. The predicted octanol–water partition coefficient (Wildman–Crippen LogP) is 6.43. The first-order valence-electron chi connectivity index (χ1n) is 11.5. The lowest BCUT2D eigenvalue weighted by Crippen LogP contribution is -2.50. The lowest BCUT2D eigenvalue weighted by Gasteiger charge is -2.53. The SMILES string of the molecule is COc1ccc2c(c1)C(O)C[C@@H]1[C@@H]2CC[C@]2(C)[C@@H](O[Si](C)(C)C(C)(C)C)CC[C@@H]12. The average molecular weight is 417 g/mol. The maximum Gasteiger partial charge on any atom is 0.192 e. The number of fused-ring (bicyclic) bond motifs is 5. The van der Waals surface area contributed by atoms with Crippen molar-refractivity contribution in [3.8, 4) is 5.75 Å². The van der Waals surface area contributed by atoms with Crippen LogP contribution in [0.1, 0.15) is 82.9 Å². The molecule has 0 saturated heterocycles. The molecule has 2 fully saturated rings. The normalized spacial score (nSPS) is 36.9. The zero-order valence-corrected chi connectivity index (χ0v) is 20.4. The summed E-state index contributed by atoms with van der Waals surface area (Å²) in [4.78, 5) is 0. The third-order valence-corrected chi connectivity index (χ3v) is 13.6. The van der Waals surface area contributed by atoms with Gasteiger partial charge in [-0.2, -0.15) is 0 Å². The molecule has 3 aliphatic rings. The summed E-state index contributed by atoms with van der Waals surface area (Å²) in [6, 6.07) is 6.34. The summed E-state index contributed by atoms with van der Waals surface area (Å²) in [5, 5.41) is 11.3. The number of rotatable bonds is 3. The van der Waals surface area contributed by atoms with E-state index in [1.807, 2.05) is 0 Å². The molecule has 0 spiro atoms. The Morgan fingerprint density at radius 3 is 2.48 bits per heavy atom. The molecule has 0 aromatic heterocycles. The van der Waals surface area contributed by atoms with E-state index in [-0.39, 0.29) is 16.6 Å². The van der Waals surface area contributed by atoms with Gasteiger partial charge in [0.15, 0.2) is 8.32 Å². The molecular weight excluding hydrogens is 376 g/mol. The molecule has 0 bridgehead atoms. The highest BCUT2D eigenvalue weighted by Crippen LogP contribution is 2.63. The van der Waals surface area contributed by atoms with Gasteiger partial charge in [0.25, 0.3) is 0 Å². The lowest BCUT2D eigenvalue weighted by atomic mass is 9.55. The van der Waals surface area contributed by atoms with E-state index in [2.05, 4.69) is 59.0 Å². The van der Waals surface area contributed by atoms with Crippen LogP contribution in [-0.4, -0.2) is 26.6 Å². The van der Waals surface area contributed by atoms with Crippen LogP contribution >= 0.6 is 0 Å². The smallest absolute Gasteiger partial charge is 0.192 e. The van der Waals surface area contributed by atoms with Gasteiger partial charge in [0.05, 0.1) is 19.3 Å². The van der Waals surface area contributed by atoms with Gasteiger partial charge in [-0.05, 0) is 96.7 Å². The Labute approximate surface area is 178 Å². The molecular formula is C25H40O3Si. The fraction of sp³-hybridized carbons (Fsp3) is 0.760. The molecule has 1 aromatic rings. The summed E-state index contributed by atoms with van der Waals surface area (Å²) >= 11 is 0. The molecule has 0 aliphatic heterocycles. The highest BCUT2D eigenvalue weighted by Gasteiger charge is 2.57. The van der Waals surface area contributed by atoms with Crippen molar-refractivity contribution >= 4 is 8.32 Å². The van der Waals surface area contributed by atoms with Crippen molar-refractivity contribution in [3.05, 3.63) is 29.3 Å². The van der Waals surface area contributed by atoms with Crippen molar-refractivity contribution in [2.75, 3.05) is 7.11 Å². The van der Waals surface area contributed by atoms with Gasteiger partial charge >= 0.3 is 0 Å². The monoisotopic (exact) mass is 416 g/mol. The van der Waals surface area contributed by atoms with E-state index in [1.165, 1.54) is 31.2 Å². The Bertz CT molecular complexity index is 768. The lowest BCUT2D eigenvalue weighted by molar-refractivity contribution is -0.0322. The zero-order valence-electron chi connectivity index (χ0n) is 19.4. The minimum atomic E-state index is -1.78. The topological polar surface area (TPSA) is 38.7 Å². The number of benzene rings is 1. The third kappa shape index (κ3) is 3.39. The van der Waals surface area contributed by atoms with E-state index >= 15 is 0 Å². The van der Waals surface area contributed by atoms with Crippen molar-refractivity contribution in [1.29, 1.82) is 0 Å². The van der Waals surface area contributed by atoms with Crippen molar-refractivity contribution in [1.82, 2.24) is 0 Å². The molecule has 162 valence electrons. The summed E-state index contributed by atoms with van der Waals surface area (Å²) in [5.41, 5.74) is 2.71. The van der Waals surface area contributed by atoms with E-state index in [0.29, 0.717) is 23.9 Å². The van der Waals surface area contributed by atoms with E-state index in [1.54, 1.807) is 7.11 Å². The van der Waals surface area contributed by atoms with Gasteiger partial charge in [-0.1, -0.05) is 33.8 Å². The second-order valence-corrected chi connectivity index (χ2v) is 16.4. The first-order chi connectivity index (χ1) is 13.5. The van der Waals surface area contributed by atoms with Crippen molar-refractivity contribution in [2.24, 2.45) is 17.3 Å². The van der Waals surface area contributed by atoms with Crippen LogP contribution in [0, 0.1) is 17.3 Å². The Morgan fingerprint density at radius 1 is 1.10 bits per heavy atom. The van der Waals surface area contributed by atoms with Crippen molar-refractivity contribution in [2.45, 2.75) is 96.1 Å². The van der Waals surface area contributed by atoms with Crippen LogP contribution in [-0.2, 0) is 4.43 Å². The molecule has 1 unspecified atom stereocenters. The minimum Gasteiger partial charge on any atom is -0.497 e. The second-order valence-electron chi connectivity index (χ2n) is 11.6. The number of hydrogen-bond donors (Lipinski definition) is 1. The highest BCUT2D eigenvalue weighted by molar-refractivity contribution is 6.74. The van der Waals surface area contributed by atoms with Crippen molar-refractivity contribution in [3.63, 3.8) is 0 Å². The standard InChI is InChI=1S/C25H40O3Si/c1-24(2,3)29(6,7)28-23-11-10-21-19-15-22(26)20-14-16(27-5)8-9-17(20)18(19)12-13-25(21,23)4/h8-9,14,18-19,21-23,26H,10-13,15H2,1-7H3/t18-,19-,21+,22?,23+,25+/m1/s1. The molecule has 0 amide bonds. The van der Waals surface area contributed by atoms with Gasteiger partial charge in [-0.3, -0.25) is 0 Å². The molecule has 3 nitrogen and oxygen atoms in total. The van der Waals surface area contributed by atoms with Gasteiger partial charge in [0.1, 0.15) is 5.75 Å².